The Labute approximate surface area is 187 Å². The number of pyridine rings is 2. The van der Waals surface area contributed by atoms with Crippen molar-refractivity contribution in [3.8, 4) is 0 Å². The number of hydrogen-bond donors (Lipinski definition) is 0. The van der Waals surface area contributed by atoms with Gasteiger partial charge in [-0.1, -0.05) is 51.7 Å². The van der Waals surface area contributed by atoms with Crippen LogP contribution in [0.15, 0.2) is 36.4 Å². The molecule has 2 nitrogen and oxygen atoms in total. The van der Waals surface area contributed by atoms with Gasteiger partial charge in [-0.25, -0.2) is 0 Å². The molecule has 2 heterocycles. The van der Waals surface area contributed by atoms with E-state index in [-0.39, 0.29) is 40.6 Å². The number of aryl methyl sites for hydroxylation is 4. The maximum absolute atomic E-state index is 4.68. The summed E-state index contributed by atoms with van der Waals surface area (Å²) in [6.45, 7) is 4.33. The fourth-order valence-corrected chi connectivity index (χ4v) is 3.05. The molecule has 0 aromatic carbocycles. The Hall–Kier alpha value is -0.505. The minimum Gasteiger partial charge on any atom is -1.00 e. The summed E-state index contributed by atoms with van der Waals surface area (Å²) in [6, 6.07) is 12.8. The first-order chi connectivity index (χ1) is 11.8. The number of rotatable bonds is 11. The Morgan fingerprint density at radius 2 is 0.923 bits per heavy atom. The standard InChI is InChI=1S/C22H32N2.2Li.2H/c1-3-19-15-11-17-21(23-19)13-9-7-5-6-8-10-14-22-18-12-16-20(4-2)24-22;;;;/h11-12,15-18H,3-10,13-14H2,1-2H3;;;;/q;2*+1;2*-1. The molecule has 0 saturated heterocycles. The number of nitrogens with zero attached hydrogens (tertiary/aromatic N) is 2. The first-order valence-corrected chi connectivity index (χ1v) is 9.71. The maximum atomic E-state index is 4.68. The Morgan fingerprint density at radius 1 is 0.577 bits per heavy atom. The van der Waals surface area contributed by atoms with Crippen molar-refractivity contribution in [1.82, 2.24) is 9.97 Å². The monoisotopic (exact) mass is 340 g/mol. The molecule has 0 atom stereocenters. The van der Waals surface area contributed by atoms with Gasteiger partial charge in [-0.15, -0.1) is 0 Å². The van der Waals surface area contributed by atoms with Crippen LogP contribution in [0.3, 0.4) is 0 Å². The molecule has 2 rings (SSSR count). The summed E-state index contributed by atoms with van der Waals surface area (Å²) in [5, 5.41) is 0. The summed E-state index contributed by atoms with van der Waals surface area (Å²) < 4.78 is 0. The molecule has 0 aliphatic carbocycles. The fourth-order valence-electron chi connectivity index (χ4n) is 3.05. The van der Waals surface area contributed by atoms with Crippen molar-refractivity contribution in [1.29, 1.82) is 0 Å². The summed E-state index contributed by atoms with van der Waals surface area (Å²) >= 11 is 0. The number of hydrogen-bond acceptors (Lipinski definition) is 2. The first kappa shape index (κ1) is 25.5. The first-order valence-electron chi connectivity index (χ1n) is 9.71. The van der Waals surface area contributed by atoms with E-state index in [4.69, 9.17) is 0 Å². The van der Waals surface area contributed by atoms with Crippen LogP contribution in [0.1, 0.15) is 78.0 Å². The van der Waals surface area contributed by atoms with Gasteiger partial charge in [0.05, 0.1) is 0 Å². The van der Waals surface area contributed by atoms with Crippen LogP contribution >= 0.6 is 0 Å². The SMILES string of the molecule is CCc1cccc(CCCCCCCCc2cccc(CC)n2)n1.[H-].[H-].[Li+].[Li+]. The van der Waals surface area contributed by atoms with Gasteiger partial charge < -0.3 is 2.85 Å². The Bertz CT molecular complexity index is 559. The molecule has 4 heteroatoms. The zero-order valence-corrected chi connectivity index (χ0v) is 17.4. The van der Waals surface area contributed by atoms with Gasteiger partial charge in [0.15, 0.2) is 0 Å². The molecule has 0 unspecified atom stereocenters. The molecule has 0 aliphatic heterocycles. The van der Waals surface area contributed by atoms with Crippen LogP contribution in [0.25, 0.3) is 0 Å². The van der Waals surface area contributed by atoms with E-state index >= 15 is 0 Å². The van der Waals surface area contributed by atoms with Crippen molar-refractivity contribution in [3.63, 3.8) is 0 Å². The molecule has 2 aromatic heterocycles. The van der Waals surface area contributed by atoms with Crippen molar-refractivity contribution in [2.75, 3.05) is 0 Å². The zero-order chi connectivity index (χ0) is 17.0. The fraction of sp³-hybridized carbons (Fsp3) is 0.545. The van der Waals surface area contributed by atoms with Gasteiger partial charge >= 0.3 is 37.7 Å². The molecule has 0 spiro atoms. The summed E-state index contributed by atoms with van der Waals surface area (Å²) in [5.74, 6) is 0. The largest absolute Gasteiger partial charge is 1.00 e. The molecule has 0 amide bonds. The van der Waals surface area contributed by atoms with Crippen molar-refractivity contribution in [2.45, 2.75) is 78.1 Å². The third-order valence-corrected chi connectivity index (χ3v) is 4.57. The predicted molar refractivity (Wildman–Crippen MR) is 105 cm³/mol. The molecular weight excluding hydrogens is 306 g/mol. The molecular formula is C22H34Li2N2. The minimum absolute atomic E-state index is 0. The third kappa shape index (κ3) is 9.99. The molecule has 0 N–H and O–H groups in total. The summed E-state index contributed by atoms with van der Waals surface area (Å²) in [4.78, 5) is 9.36. The van der Waals surface area contributed by atoms with E-state index < -0.39 is 0 Å². The molecule has 0 aliphatic rings. The van der Waals surface area contributed by atoms with E-state index in [0.29, 0.717) is 0 Å². The summed E-state index contributed by atoms with van der Waals surface area (Å²) in [5.41, 5.74) is 4.95. The zero-order valence-electron chi connectivity index (χ0n) is 19.4. The normalized spacial score (nSPS) is 10.1. The van der Waals surface area contributed by atoms with Crippen molar-refractivity contribution in [2.24, 2.45) is 0 Å². The van der Waals surface area contributed by atoms with Gasteiger partial charge in [0.25, 0.3) is 0 Å². The molecule has 0 fully saturated rings. The molecule has 26 heavy (non-hydrogen) atoms. The van der Waals surface area contributed by atoms with Crippen molar-refractivity contribution in [3.05, 3.63) is 59.2 Å². The second kappa shape index (κ2) is 15.5. The Morgan fingerprint density at radius 3 is 1.31 bits per heavy atom. The van der Waals surface area contributed by atoms with Crippen LogP contribution in [0, 0.1) is 0 Å². The summed E-state index contributed by atoms with van der Waals surface area (Å²) in [6.07, 6.45) is 12.2. The quantitative estimate of drug-likeness (QED) is 0.424. The second-order valence-electron chi connectivity index (χ2n) is 6.57. The van der Waals surface area contributed by atoms with Crippen LogP contribution < -0.4 is 37.7 Å². The van der Waals surface area contributed by atoms with Crippen molar-refractivity contribution < 1.29 is 40.6 Å². The second-order valence-corrected chi connectivity index (χ2v) is 6.57. The van der Waals surface area contributed by atoms with E-state index in [9.17, 15) is 0 Å². The van der Waals surface area contributed by atoms with Crippen molar-refractivity contribution >= 4 is 0 Å². The van der Waals surface area contributed by atoms with Gasteiger partial charge in [-0.3, -0.25) is 9.97 Å². The van der Waals surface area contributed by atoms with Gasteiger partial charge in [0, 0.05) is 22.8 Å². The molecule has 0 bridgehead atoms. The van der Waals surface area contributed by atoms with Gasteiger partial charge in [0.1, 0.15) is 0 Å². The van der Waals surface area contributed by atoms with E-state index in [1.165, 1.54) is 61.3 Å². The van der Waals surface area contributed by atoms with Crippen LogP contribution in [-0.2, 0) is 25.7 Å². The maximum Gasteiger partial charge on any atom is 1.00 e. The van der Waals surface area contributed by atoms with Gasteiger partial charge in [-0.2, -0.15) is 0 Å². The molecule has 0 radical (unpaired) electrons. The van der Waals surface area contributed by atoms with E-state index in [0.717, 1.165) is 25.7 Å². The van der Waals surface area contributed by atoms with Crippen LogP contribution in [0.4, 0.5) is 0 Å². The van der Waals surface area contributed by atoms with Crippen LogP contribution in [0.5, 0.6) is 0 Å². The van der Waals surface area contributed by atoms with Crippen LogP contribution in [-0.4, -0.2) is 9.97 Å². The number of unbranched alkanes of at least 4 members (excludes halogenated alkanes) is 5. The Kier molecular flexibility index (Phi) is 15.2. The molecule has 134 valence electrons. The molecule has 2 aromatic rings. The van der Waals surface area contributed by atoms with Gasteiger partial charge in [-0.05, 0) is 62.8 Å². The Balaban J connectivity index is -0.00000156. The average Bonchev–Trinajstić information content (AvgIpc) is 2.64. The third-order valence-electron chi connectivity index (χ3n) is 4.57. The summed E-state index contributed by atoms with van der Waals surface area (Å²) in [7, 11) is 0. The van der Waals surface area contributed by atoms with Gasteiger partial charge in [0.2, 0.25) is 0 Å². The topological polar surface area (TPSA) is 25.8 Å². The minimum atomic E-state index is 0. The average molecular weight is 340 g/mol. The smallest absolute Gasteiger partial charge is 1.00 e. The van der Waals surface area contributed by atoms with E-state index in [2.05, 4.69) is 60.2 Å². The number of aromatic nitrogens is 2. The van der Waals surface area contributed by atoms with Crippen LogP contribution in [0.2, 0.25) is 0 Å². The van der Waals surface area contributed by atoms with E-state index in [1.807, 2.05) is 0 Å². The van der Waals surface area contributed by atoms with E-state index in [1.54, 1.807) is 0 Å². The molecule has 0 saturated carbocycles. The predicted octanol–water partition coefficient (Wildman–Crippen LogP) is -0.0398.